The summed E-state index contributed by atoms with van der Waals surface area (Å²) in [5.41, 5.74) is 4.96. The number of rotatable bonds is 3. The fourth-order valence-electron chi connectivity index (χ4n) is 4.19. The Morgan fingerprint density at radius 3 is 2.45 bits per heavy atom. The van der Waals surface area contributed by atoms with Crippen molar-refractivity contribution < 1.29 is 9.53 Å². The summed E-state index contributed by atoms with van der Waals surface area (Å²) < 4.78 is 7.91. The Morgan fingerprint density at radius 1 is 1.03 bits per heavy atom. The molecule has 3 heterocycles. The number of hydrogen-bond acceptors (Lipinski definition) is 4. The van der Waals surface area contributed by atoms with Crippen LogP contribution in [0.3, 0.4) is 0 Å². The van der Waals surface area contributed by atoms with Crippen LogP contribution < -0.4 is 4.90 Å². The van der Waals surface area contributed by atoms with Crippen LogP contribution in [0, 0.1) is 6.92 Å². The normalized spacial score (nSPS) is 18.7. The molecule has 5 rings (SSSR count). The number of ether oxygens (including phenoxy) is 1. The molecular formula is C24H25ClN4O2. The summed E-state index contributed by atoms with van der Waals surface area (Å²) >= 11 is 5.99. The highest BCUT2D eigenvalue weighted by atomic mass is 35.5. The summed E-state index contributed by atoms with van der Waals surface area (Å²) in [6.07, 6.45) is -0.0920. The van der Waals surface area contributed by atoms with Crippen LogP contribution in [0.25, 0.3) is 0 Å². The van der Waals surface area contributed by atoms with Crippen molar-refractivity contribution in [1.29, 1.82) is 0 Å². The number of nitrogens with zero attached hydrogens (tertiary/aromatic N) is 4. The smallest absolute Gasteiger partial charge is 0.274 e. The highest BCUT2D eigenvalue weighted by molar-refractivity contribution is 6.30. The maximum absolute atomic E-state index is 13.1. The largest absolute Gasteiger partial charge is 0.368 e. The molecular weight excluding hydrogens is 412 g/mol. The number of anilines is 1. The van der Waals surface area contributed by atoms with Crippen LogP contribution in [0.2, 0.25) is 5.02 Å². The lowest BCUT2D eigenvalue weighted by molar-refractivity contribution is -0.00121. The van der Waals surface area contributed by atoms with E-state index < -0.39 is 0 Å². The fraction of sp³-hybridized carbons (Fsp3) is 0.333. The molecule has 1 saturated heterocycles. The standard InChI is InChI=1S/C24H25ClN4O2/c1-17-2-8-20(9-3-17)27-10-12-28(13-11-27)24(30)22-14-21-16-31-23(15-29(21)26-22)18-4-6-19(25)7-5-18/h2-9,14,23H,10-13,15-16H2,1H3/t23-/m1/s1. The van der Waals surface area contributed by atoms with E-state index in [4.69, 9.17) is 16.3 Å². The SMILES string of the molecule is Cc1ccc(N2CCN(C(=O)c3cc4n(n3)C[C@H](c3ccc(Cl)cc3)OC4)CC2)cc1. The van der Waals surface area contributed by atoms with Gasteiger partial charge in [-0.05, 0) is 42.8 Å². The zero-order valence-corrected chi connectivity index (χ0v) is 18.3. The first-order valence-electron chi connectivity index (χ1n) is 10.6. The molecule has 31 heavy (non-hydrogen) atoms. The number of aryl methyl sites for hydroxylation is 1. The maximum Gasteiger partial charge on any atom is 0.274 e. The van der Waals surface area contributed by atoms with Gasteiger partial charge in [-0.3, -0.25) is 9.48 Å². The average Bonchev–Trinajstić information content (AvgIpc) is 3.23. The number of carbonyl (C=O) groups excluding carboxylic acids is 1. The van der Waals surface area contributed by atoms with Crippen LogP contribution in [0.15, 0.2) is 54.6 Å². The number of aromatic nitrogens is 2. The molecule has 0 bridgehead atoms. The predicted molar refractivity (Wildman–Crippen MR) is 121 cm³/mol. The maximum atomic E-state index is 13.1. The predicted octanol–water partition coefficient (Wildman–Crippen LogP) is 4.08. The monoisotopic (exact) mass is 436 g/mol. The molecule has 0 radical (unpaired) electrons. The molecule has 2 aliphatic rings. The lowest BCUT2D eigenvalue weighted by atomic mass is 10.1. The van der Waals surface area contributed by atoms with Crippen LogP contribution in [0.1, 0.15) is 33.4 Å². The quantitative estimate of drug-likeness (QED) is 0.620. The molecule has 2 aliphatic heterocycles. The van der Waals surface area contributed by atoms with E-state index in [0.29, 0.717) is 37.0 Å². The van der Waals surface area contributed by atoms with Crippen molar-refractivity contribution in [2.45, 2.75) is 26.2 Å². The van der Waals surface area contributed by atoms with Crippen molar-refractivity contribution in [1.82, 2.24) is 14.7 Å². The molecule has 160 valence electrons. The first-order chi connectivity index (χ1) is 15.1. The van der Waals surface area contributed by atoms with Gasteiger partial charge in [0.1, 0.15) is 6.10 Å². The number of hydrogen-bond donors (Lipinski definition) is 0. The van der Waals surface area contributed by atoms with Gasteiger partial charge >= 0.3 is 0 Å². The molecule has 1 atom stereocenters. The minimum Gasteiger partial charge on any atom is -0.368 e. The lowest BCUT2D eigenvalue weighted by Crippen LogP contribution is -2.48. The molecule has 0 saturated carbocycles. The van der Waals surface area contributed by atoms with E-state index in [0.717, 1.165) is 24.3 Å². The Labute approximate surface area is 187 Å². The van der Waals surface area contributed by atoms with Crippen molar-refractivity contribution in [3.63, 3.8) is 0 Å². The second-order valence-corrected chi connectivity index (χ2v) is 8.61. The van der Waals surface area contributed by atoms with E-state index in [1.54, 1.807) is 0 Å². The van der Waals surface area contributed by atoms with Gasteiger partial charge in [-0.15, -0.1) is 0 Å². The number of fused-ring (bicyclic) bond motifs is 1. The summed E-state index contributed by atoms with van der Waals surface area (Å²) in [4.78, 5) is 17.3. The number of benzene rings is 2. The zero-order chi connectivity index (χ0) is 21.4. The number of carbonyl (C=O) groups is 1. The van der Waals surface area contributed by atoms with Gasteiger partial charge in [0, 0.05) is 36.9 Å². The first-order valence-corrected chi connectivity index (χ1v) is 11.0. The number of piperazine rings is 1. The molecule has 6 nitrogen and oxygen atoms in total. The fourth-order valence-corrected chi connectivity index (χ4v) is 4.32. The zero-order valence-electron chi connectivity index (χ0n) is 17.5. The molecule has 3 aromatic rings. The Kier molecular flexibility index (Phi) is 5.42. The van der Waals surface area contributed by atoms with Gasteiger partial charge in [-0.2, -0.15) is 5.10 Å². The summed E-state index contributed by atoms with van der Waals surface area (Å²) in [5.74, 6) is -0.00602. The summed E-state index contributed by atoms with van der Waals surface area (Å²) in [7, 11) is 0. The minimum atomic E-state index is -0.0920. The van der Waals surface area contributed by atoms with E-state index in [2.05, 4.69) is 41.2 Å². The first kappa shape index (κ1) is 20.1. The van der Waals surface area contributed by atoms with Crippen LogP contribution >= 0.6 is 11.6 Å². The molecule has 0 unspecified atom stereocenters. The van der Waals surface area contributed by atoms with Gasteiger partial charge in [-0.25, -0.2) is 0 Å². The molecule has 1 aromatic heterocycles. The average molecular weight is 437 g/mol. The summed E-state index contributed by atoms with van der Waals surface area (Å²) in [6, 6.07) is 18.1. The van der Waals surface area contributed by atoms with Gasteiger partial charge in [0.15, 0.2) is 5.69 Å². The van der Waals surface area contributed by atoms with E-state index in [-0.39, 0.29) is 12.0 Å². The lowest BCUT2D eigenvalue weighted by Gasteiger charge is -2.35. The topological polar surface area (TPSA) is 50.6 Å². The minimum absolute atomic E-state index is 0.00602. The van der Waals surface area contributed by atoms with Crippen molar-refractivity contribution in [3.8, 4) is 0 Å². The van der Waals surface area contributed by atoms with Crippen molar-refractivity contribution >= 4 is 23.2 Å². The third-order valence-electron chi connectivity index (χ3n) is 6.06. The van der Waals surface area contributed by atoms with Crippen molar-refractivity contribution in [2.75, 3.05) is 31.1 Å². The third-order valence-corrected chi connectivity index (χ3v) is 6.31. The highest BCUT2D eigenvalue weighted by Crippen LogP contribution is 2.28. The summed E-state index contributed by atoms with van der Waals surface area (Å²) in [5, 5.41) is 5.32. The number of halogens is 1. The molecule has 7 heteroatoms. The van der Waals surface area contributed by atoms with E-state index in [1.807, 2.05) is 39.9 Å². The molecule has 0 N–H and O–H groups in total. The van der Waals surface area contributed by atoms with Crippen LogP contribution in [0.5, 0.6) is 0 Å². The van der Waals surface area contributed by atoms with Gasteiger partial charge < -0.3 is 14.5 Å². The van der Waals surface area contributed by atoms with Gasteiger partial charge in [0.05, 0.1) is 18.8 Å². The number of amides is 1. The Morgan fingerprint density at radius 2 is 1.74 bits per heavy atom. The van der Waals surface area contributed by atoms with Gasteiger partial charge in [0.2, 0.25) is 0 Å². The molecule has 1 amide bonds. The molecule has 2 aromatic carbocycles. The van der Waals surface area contributed by atoms with E-state index in [1.165, 1.54) is 11.3 Å². The Bertz CT molecular complexity index is 1070. The highest BCUT2D eigenvalue weighted by Gasteiger charge is 2.28. The van der Waals surface area contributed by atoms with Crippen molar-refractivity contribution in [3.05, 3.63) is 82.1 Å². The third kappa shape index (κ3) is 4.18. The summed E-state index contributed by atoms with van der Waals surface area (Å²) in [6.45, 7) is 6.15. The van der Waals surface area contributed by atoms with Crippen LogP contribution in [0.4, 0.5) is 5.69 Å². The van der Waals surface area contributed by atoms with Crippen molar-refractivity contribution in [2.24, 2.45) is 0 Å². The second kappa shape index (κ2) is 8.36. The Hall–Kier alpha value is -2.83. The Balaban J connectivity index is 1.23. The second-order valence-electron chi connectivity index (χ2n) is 8.17. The molecule has 0 aliphatic carbocycles. The molecule has 1 fully saturated rings. The van der Waals surface area contributed by atoms with Gasteiger partial charge in [0.25, 0.3) is 5.91 Å². The molecule has 0 spiro atoms. The van der Waals surface area contributed by atoms with Crippen LogP contribution in [-0.2, 0) is 17.9 Å². The van der Waals surface area contributed by atoms with E-state index in [9.17, 15) is 4.79 Å². The van der Waals surface area contributed by atoms with Crippen LogP contribution in [-0.4, -0.2) is 46.8 Å². The van der Waals surface area contributed by atoms with Gasteiger partial charge in [-0.1, -0.05) is 41.4 Å². The van der Waals surface area contributed by atoms with E-state index >= 15 is 0 Å².